The summed E-state index contributed by atoms with van der Waals surface area (Å²) in [5, 5.41) is 4.80. The van der Waals surface area contributed by atoms with E-state index in [1.165, 1.54) is 12.8 Å². The molecule has 3 heteroatoms. The second-order valence-electron chi connectivity index (χ2n) is 4.56. The average Bonchev–Trinajstić information content (AvgIpc) is 2.29. The Morgan fingerprint density at radius 3 is 2.59 bits per heavy atom. The number of rotatable bonds is 2. The van der Waals surface area contributed by atoms with E-state index in [9.17, 15) is 0 Å². The van der Waals surface area contributed by atoms with E-state index in [0.29, 0.717) is 10.9 Å². The van der Waals surface area contributed by atoms with Crippen LogP contribution in [-0.2, 0) is 0 Å². The standard InChI is InChI=1S/C14H17Cl2N/c1-10-8-12(15)9-14(16)13(10)3-2-11-4-6-17-7-5-11/h2-3,8-9,11,17H,4-7H2,1H3. The first-order valence-electron chi connectivity index (χ1n) is 6.01. The lowest BCUT2D eigenvalue weighted by atomic mass is 9.96. The minimum Gasteiger partial charge on any atom is -0.317 e. The Bertz CT molecular complexity index is 397. The Kier molecular flexibility index (Phi) is 4.49. The molecule has 92 valence electrons. The summed E-state index contributed by atoms with van der Waals surface area (Å²) >= 11 is 12.2. The number of halogens is 2. The van der Waals surface area contributed by atoms with Crippen LogP contribution in [0.1, 0.15) is 24.0 Å². The normalized spacial score (nSPS) is 17.8. The minimum absolute atomic E-state index is 0.669. The zero-order chi connectivity index (χ0) is 12.3. The molecule has 1 fully saturated rings. The number of allylic oxidation sites excluding steroid dienone is 1. The Labute approximate surface area is 113 Å². The highest BCUT2D eigenvalue weighted by atomic mass is 35.5. The van der Waals surface area contributed by atoms with Crippen LogP contribution in [0.3, 0.4) is 0 Å². The minimum atomic E-state index is 0.669. The molecule has 1 aliphatic rings. The Hall–Kier alpha value is -0.500. The molecule has 2 rings (SSSR count). The van der Waals surface area contributed by atoms with Gasteiger partial charge in [-0.25, -0.2) is 0 Å². The van der Waals surface area contributed by atoms with Gasteiger partial charge in [-0.1, -0.05) is 35.4 Å². The molecule has 17 heavy (non-hydrogen) atoms. The fraction of sp³-hybridized carbons (Fsp3) is 0.429. The summed E-state index contributed by atoms with van der Waals surface area (Å²) in [4.78, 5) is 0. The van der Waals surface area contributed by atoms with Crippen LogP contribution in [0.4, 0.5) is 0 Å². The van der Waals surface area contributed by atoms with E-state index in [2.05, 4.69) is 17.5 Å². The zero-order valence-electron chi connectivity index (χ0n) is 9.97. The third-order valence-corrected chi connectivity index (χ3v) is 3.75. The number of nitrogens with one attached hydrogen (secondary N) is 1. The third-order valence-electron chi connectivity index (χ3n) is 3.22. The first kappa shape index (κ1) is 12.9. The fourth-order valence-electron chi connectivity index (χ4n) is 2.19. The summed E-state index contributed by atoms with van der Waals surface area (Å²) in [5.74, 6) is 0.669. The van der Waals surface area contributed by atoms with E-state index >= 15 is 0 Å². The van der Waals surface area contributed by atoms with Gasteiger partial charge in [-0.15, -0.1) is 0 Å². The molecule has 0 spiro atoms. The van der Waals surface area contributed by atoms with Crippen molar-refractivity contribution in [1.29, 1.82) is 0 Å². The SMILES string of the molecule is Cc1cc(Cl)cc(Cl)c1C=CC1CCNCC1. The Balaban J connectivity index is 2.14. The molecule has 0 saturated carbocycles. The van der Waals surface area contributed by atoms with E-state index in [1.54, 1.807) is 6.07 Å². The summed E-state index contributed by atoms with van der Waals surface area (Å²) in [6.07, 6.45) is 6.84. The van der Waals surface area contributed by atoms with Gasteiger partial charge in [-0.05, 0) is 62.0 Å². The summed E-state index contributed by atoms with van der Waals surface area (Å²) in [6, 6.07) is 3.76. The maximum absolute atomic E-state index is 6.20. The summed E-state index contributed by atoms with van der Waals surface area (Å²) in [5.41, 5.74) is 2.22. The van der Waals surface area contributed by atoms with Crippen molar-refractivity contribution in [2.75, 3.05) is 13.1 Å². The van der Waals surface area contributed by atoms with E-state index in [-0.39, 0.29) is 0 Å². The molecule has 1 heterocycles. The van der Waals surface area contributed by atoms with Crippen LogP contribution < -0.4 is 5.32 Å². The van der Waals surface area contributed by atoms with E-state index < -0.39 is 0 Å². The number of hydrogen-bond donors (Lipinski definition) is 1. The lowest BCUT2D eigenvalue weighted by Crippen LogP contribution is -2.26. The summed E-state index contributed by atoms with van der Waals surface area (Å²) < 4.78 is 0. The van der Waals surface area contributed by atoms with Crippen molar-refractivity contribution in [3.05, 3.63) is 39.4 Å². The van der Waals surface area contributed by atoms with Crippen LogP contribution in [0.25, 0.3) is 6.08 Å². The molecular weight excluding hydrogens is 253 g/mol. The molecule has 1 aliphatic heterocycles. The first-order chi connectivity index (χ1) is 8.16. The molecule has 0 amide bonds. The van der Waals surface area contributed by atoms with Gasteiger partial charge >= 0.3 is 0 Å². The van der Waals surface area contributed by atoms with Crippen LogP contribution in [0, 0.1) is 12.8 Å². The fourth-order valence-corrected chi connectivity index (χ4v) is 2.85. The molecular formula is C14H17Cl2N. The van der Waals surface area contributed by atoms with Crippen molar-refractivity contribution in [2.24, 2.45) is 5.92 Å². The molecule has 1 saturated heterocycles. The van der Waals surface area contributed by atoms with Gasteiger partial charge in [0.1, 0.15) is 0 Å². The average molecular weight is 270 g/mol. The Morgan fingerprint density at radius 1 is 1.24 bits per heavy atom. The highest BCUT2D eigenvalue weighted by molar-refractivity contribution is 6.35. The van der Waals surface area contributed by atoms with Crippen molar-refractivity contribution >= 4 is 29.3 Å². The second-order valence-corrected chi connectivity index (χ2v) is 5.41. The first-order valence-corrected chi connectivity index (χ1v) is 6.77. The Morgan fingerprint density at radius 2 is 1.94 bits per heavy atom. The van der Waals surface area contributed by atoms with Gasteiger partial charge in [0, 0.05) is 10.0 Å². The largest absolute Gasteiger partial charge is 0.317 e. The quantitative estimate of drug-likeness (QED) is 0.844. The van der Waals surface area contributed by atoms with E-state index in [0.717, 1.165) is 29.2 Å². The van der Waals surface area contributed by atoms with Gasteiger partial charge in [0.2, 0.25) is 0 Å². The predicted octanol–water partition coefficient (Wildman–Crippen LogP) is 4.31. The van der Waals surface area contributed by atoms with Gasteiger partial charge in [-0.2, -0.15) is 0 Å². The monoisotopic (exact) mass is 269 g/mol. The molecule has 0 atom stereocenters. The van der Waals surface area contributed by atoms with Crippen molar-refractivity contribution in [1.82, 2.24) is 5.32 Å². The van der Waals surface area contributed by atoms with Crippen LogP contribution in [0.15, 0.2) is 18.2 Å². The van der Waals surface area contributed by atoms with Gasteiger partial charge < -0.3 is 5.32 Å². The third kappa shape index (κ3) is 3.48. The summed E-state index contributed by atoms with van der Waals surface area (Å²) in [7, 11) is 0. The molecule has 1 nitrogen and oxygen atoms in total. The molecule has 0 aliphatic carbocycles. The van der Waals surface area contributed by atoms with Gasteiger partial charge in [0.05, 0.1) is 0 Å². The van der Waals surface area contributed by atoms with Crippen molar-refractivity contribution in [3.8, 4) is 0 Å². The molecule has 0 unspecified atom stereocenters. The maximum atomic E-state index is 6.20. The van der Waals surface area contributed by atoms with Crippen LogP contribution >= 0.6 is 23.2 Å². The molecule has 0 radical (unpaired) electrons. The van der Waals surface area contributed by atoms with Crippen molar-refractivity contribution < 1.29 is 0 Å². The number of hydrogen-bond acceptors (Lipinski definition) is 1. The summed E-state index contributed by atoms with van der Waals surface area (Å²) in [6.45, 7) is 4.27. The van der Waals surface area contributed by atoms with Crippen LogP contribution in [0.2, 0.25) is 10.0 Å². The maximum Gasteiger partial charge on any atom is 0.0495 e. The van der Waals surface area contributed by atoms with Crippen molar-refractivity contribution in [2.45, 2.75) is 19.8 Å². The van der Waals surface area contributed by atoms with Gasteiger partial charge in [0.25, 0.3) is 0 Å². The van der Waals surface area contributed by atoms with Crippen molar-refractivity contribution in [3.63, 3.8) is 0 Å². The molecule has 0 bridgehead atoms. The second kappa shape index (κ2) is 5.90. The molecule has 0 aromatic heterocycles. The van der Waals surface area contributed by atoms with E-state index in [4.69, 9.17) is 23.2 Å². The molecule has 1 aromatic rings. The predicted molar refractivity (Wildman–Crippen MR) is 75.8 cm³/mol. The zero-order valence-corrected chi connectivity index (χ0v) is 11.5. The van der Waals surface area contributed by atoms with Crippen LogP contribution in [-0.4, -0.2) is 13.1 Å². The number of aryl methyl sites for hydroxylation is 1. The highest BCUT2D eigenvalue weighted by Crippen LogP contribution is 2.27. The van der Waals surface area contributed by atoms with Gasteiger partial charge in [0.15, 0.2) is 0 Å². The topological polar surface area (TPSA) is 12.0 Å². The number of piperidine rings is 1. The molecule has 1 aromatic carbocycles. The highest BCUT2D eigenvalue weighted by Gasteiger charge is 2.10. The lowest BCUT2D eigenvalue weighted by molar-refractivity contribution is 0.438. The lowest BCUT2D eigenvalue weighted by Gasteiger charge is -2.19. The smallest absolute Gasteiger partial charge is 0.0495 e. The molecule has 1 N–H and O–H groups in total. The van der Waals surface area contributed by atoms with E-state index in [1.807, 2.05) is 13.0 Å². The van der Waals surface area contributed by atoms with Gasteiger partial charge in [-0.3, -0.25) is 0 Å². The number of benzene rings is 1. The van der Waals surface area contributed by atoms with Crippen LogP contribution in [0.5, 0.6) is 0 Å².